The summed E-state index contributed by atoms with van der Waals surface area (Å²) >= 11 is 0. The smallest absolute Gasteiger partial charge is 0.325 e. The molecule has 0 bridgehead atoms. The SMILES string of the molecule is CCCC1NC(=O)N(CC(=O)Nc2cccc(N)c2)C1=O. The number of carbonyl (C=O) groups is 3. The van der Waals surface area contributed by atoms with Gasteiger partial charge in [0.05, 0.1) is 0 Å². The molecule has 7 heteroatoms. The van der Waals surface area contributed by atoms with Crippen molar-refractivity contribution in [1.29, 1.82) is 0 Å². The van der Waals surface area contributed by atoms with Gasteiger partial charge in [0.2, 0.25) is 5.91 Å². The number of benzene rings is 1. The molecule has 1 aromatic rings. The van der Waals surface area contributed by atoms with Crippen LogP contribution < -0.4 is 16.4 Å². The number of imide groups is 1. The fourth-order valence-corrected chi connectivity index (χ4v) is 2.17. The Morgan fingerprint density at radius 2 is 2.19 bits per heavy atom. The largest absolute Gasteiger partial charge is 0.399 e. The molecule has 0 spiro atoms. The lowest BCUT2D eigenvalue weighted by molar-refractivity contribution is -0.130. The minimum atomic E-state index is -0.527. The number of carbonyl (C=O) groups excluding carboxylic acids is 3. The van der Waals surface area contributed by atoms with Crippen LogP contribution >= 0.6 is 0 Å². The van der Waals surface area contributed by atoms with Crippen LogP contribution in [-0.4, -0.2) is 35.3 Å². The Balaban J connectivity index is 1.96. The maximum absolute atomic E-state index is 12.0. The maximum Gasteiger partial charge on any atom is 0.325 e. The second-order valence-electron chi connectivity index (χ2n) is 4.89. The predicted octanol–water partition coefficient (Wildman–Crippen LogP) is 0.928. The summed E-state index contributed by atoms with van der Waals surface area (Å²) in [4.78, 5) is 36.5. The highest BCUT2D eigenvalue weighted by molar-refractivity contribution is 6.07. The highest BCUT2D eigenvalue weighted by Gasteiger charge is 2.38. The first-order valence-electron chi connectivity index (χ1n) is 6.78. The number of nitrogen functional groups attached to an aromatic ring is 1. The fourth-order valence-electron chi connectivity index (χ4n) is 2.17. The van der Waals surface area contributed by atoms with Crippen LogP contribution in [0.3, 0.4) is 0 Å². The average molecular weight is 290 g/mol. The van der Waals surface area contributed by atoms with E-state index in [0.717, 1.165) is 11.3 Å². The Bertz CT molecular complexity index is 573. The lowest BCUT2D eigenvalue weighted by Gasteiger charge is -2.13. The molecule has 1 unspecified atom stereocenters. The van der Waals surface area contributed by atoms with Gasteiger partial charge in [0.25, 0.3) is 5.91 Å². The normalized spacial score (nSPS) is 17.8. The first-order chi connectivity index (χ1) is 10.0. The van der Waals surface area contributed by atoms with E-state index < -0.39 is 18.0 Å². The topological polar surface area (TPSA) is 105 Å². The number of amides is 4. The molecule has 0 aliphatic carbocycles. The highest BCUT2D eigenvalue weighted by atomic mass is 16.2. The Hall–Kier alpha value is -2.57. The van der Waals surface area contributed by atoms with Gasteiger partial charge in [-0.15, -0.1) is 0 Å². The Morgan fingerprint density at radius 1 is 1.43 bits per heavy atom. The predicted molar refractivity (Wildman–Crippen MR) is 78.4 cm³/mol. The molecule has 0 radical (unpaired) electrons. The number of nitrogens with two attached hydrogens (primary N) is 1. The van der Waals surface area contributed by atoms with E-state index in [1.807, 2.05) is 6.92 Å². The van der Waals surface area contributed by atoms with Crippen LogP contribution in [0.1, 0.15) is 19.8 Å². The standard InChI is InChI=1S/C14H18N4O3/c1-2-4-11-13(20)18(14(21)17-11)8-12(19)16-10-6-3-5-9(15)7-10/h3,5-7,11H,2,4,8,15H2,1H3,(H,16,19)(H,17,21). The maximum atomic E-state index is 12.0. The van der Waals surface area contributed by atoms with Crippen molar-refractivity contribution in [3.05, 3.63) is 24.3 Å². The third-order valence-electron chi connectivity index (χ3n) is 3.16. The molecule has 0 aromatic heterocycles. The van der Waals surface area contributed by atoms with Gasteiger partial charge < -0.3 is 16.4 Å². The van der Waals surface area contributed by atoms with E-state index in [9.17, 15) is 14.4 Å². The van der Waals surface area contributed by atoms with Crippen molar-refractivity contribution in [2.45, 2.75) is 25.8 Å². The van der Waals surface area contributed by atoms with Crippen LogP contribution in [0, 0.1) is 0 Å². The summed E-state index contributed by atoms with van der Waals surface area (Å²) in [5.41, 5.74) is 6.66. The fraction of sp³-hybridized carbons (Fsp3) is 0.357. The quantitative estimate of drug-likeness (QED) is 0.554. The van der Waals surface area contributed by atoms with Gasteiger partial charge in [-0.05, 0) is 24.6 Å². The zero-order valence-electron chi connectivity index (χ0n) is 11.8. The monoisotopic (exact) mass is 290 g/mol. The highest BCUT2D eigenvalue weighted by Crippen LogP contribution is 2.13. The van der Waals surface area contributed by atoms with E-state index in [4.69, 9.17) is 5.73 Å². The molecule has 4 amide bonds. The van der Waals surface area contributed by atoms with Crippen molar-refractivity contribution >= 4 is 29.2 Å². The van der Waals surface area contributed by atoms with E-state index in [2.05, 4.69) is 10.6 Å². The summed E-state index contributed by atoms with van der Waals surface area (Å²) in [6.07, 6.45) is 1.35. The van der Waals surface area contributed by atoms with Crippen LogP contribution in [0.25, 0.3) is 0 Å². The zero-order valence-corrected chi connectivity index (χ0v) is 11.8. The third-order valence-corrected chi connectivity index (χ3v) is 3.16. The molecule has 1 aliphatic rings. The second kappa shape index (κ2) is 6.25. The number of rotatable bonds is 5. The van der Waals surface area contributed by atoms with E-state index in [-0.39, 0.29) is 12.5 Å². The average Bonchev–Trinajstić information content (AvgIpc) is 2.67. The van der Waals surface area contributed by atoms with E-state index in [0.29, 0.717) is 17.8 Å². The molecule has 1 heterocycles. The summed E-state index contributed by atoms with van der Waals surface area (Å²) in [7, 11) is 0. The van der Waals surface area contributed by atoms with E-state index in [1.165, 1.54) is 0 Å². The molecule has 21 heavy (non-hydrogen) atoms. The summed E-state index contributed by atoms with van der Waals surface area (Å²) in [5, 5.41) is 5.18. The van der Waals surface area contributed by atoms with Gasteiger partial charge in [-0.2, -0.15) is 0 Å². The Morgan fingerprint density at radius 3 is 2.86 bits per heavy atom. The van der Waals surface area contributed by atoms with Crippen molar-refractivity contribution < 1.29 is 14.4 Å². The van der Waals surface area contributed by atoms with Crippen molar-refractivity contribution in [2.75, 3.05) is 17.6 Å². The van der Waals surface area contributed by atoms with Gasteiger partial charge in [0.15, 0.2) is 0 Å². The summed E-state index contributed by atoms with van der Waals surface area (Å²) in [6.45, 7) is 1.62. The van der Waals surface area contributed by atoms with Crippen molar-refractivity contribution in [1.82, 2.24) is 10.2 Å². The van der Waals surface area contributed by atoms with Crippen LogP contribution in [0.4, 0.5) is 16.2 Å². The van der Waals surface area contributed by atoms with Crippen molar-refractivity contribution in [3.63, 3.8) is 0 Å². The van der Waals surface area contributed by atoms with Gasteiger partial charge in [-0.3, -0.25) is 14.5 Å². The molecule has 1 fully saturated rings. The minimum absolute atomic E-state index is 0.306. The van der Waals surface area contributed by atoms with E-state index in [1.54, 1.807) is 24.3 Å². The molecule has 112 valence electrons. The lowest BCUT2D eigenvalue weighted by atomic mass is 10.2. The summed E-state index contributed by atoms with van der Waals surface area (Å²) < 4.78 is 0. The molecule has 1 aliphatic heterocycles. The number of nitrogens with one attached hydrogen (secondary N) is 2. The molecule has 1 atom stereocenters. The molecule has 1 aromatic carbocycles. The van der Waals surface area contributed by atoms with Crippen LogP contribution in [0.5, 0.6) is 0 Å². The molecule has 0 saturated carbocycles. The Kier molecular flexibility index (Phi) is 4.42. The van der Waals surface area contributed by atoms with Crippen molar-refractivity contribution in [3.8, 4) is 0 Å². The first kappa shape index (κ1) is 14.8. The van der Waals surface area contributed by atoms with Gasteiger partial charge in [0.1, 0.15) is 12.6 Å². The van der Waals surface area contributed by atoms with Gasteiger partial charge in [0, 0.05) is 11.4 Å². The second-order valence-corrected chi connectivity index (χ2v) is 4.89. The molecule has 2 rings (SSSR count). The lowest BCUT2D eigenvalue weighted by Crippen LogP contribution is -2.38. The van der Waals surface area contributed by atoms with Crippen LogP contribution in [0.15, 0.2) is 24.3 Å². The van der Waals surface area contributed by atoms with Crippen molar-refractivity contribution in [2.24, 2.45) is 0 Å². The molecule has 4 N–H and O–H groups in total. The molecule has 1 saturated heterocycles. The molecular weight excluding hydrogens is 272 g/mol. The number of nitrogens with zero attached hydrogens (tertiary/aromatic N) is 1. The number of hydrogen-bond acceptors (Lipinski definition) is 4. The number of anilines is 2. The molecule has 7 nitrogen and oxygen atoms in total. The zero-order chi connectivity index (χ0) is 15.4. The van der Waals surface area contributed by atoms with Gasteiger partial charge in [-0.1, -0.05) is 19.4 Å². The first-order valence-corrected chi connectivity index (χ1v) is 6.78. The number of hydrogen-bond donors (Lipinski definition) is 3. The Labute approximate surface area is 122 Å². The van der Waals surface area contributed by atoms with Crippen LogP contribution in [-0.2, 0) is 9.59 Å². The van der Waals surface area contributed by atoms with Crippen LogP contribution in [0.2, 0.25) is 0 Å². The minimum Gasteiger partial charge on any atom is -0.399 e. The number of urea groups is 1. The third kappa shape index (κ3) is 3.50. The molecular formula is C14H18N4O3. The van der Waals surface area contributed by atoms with Gasteiger partial charge >= 0.3 is 6.03 Å². The summed E-state index contributed by atoms with van der Waals surface area (Å²) in [6, 6.07) is 5.63. The van der Waals surface area contributed by atoms with E-state index >= 15 is 0 Å². The van der Waals surface area contributed by atoms with Gasteiger partial charge in [-0.25, -0.2) is 4.79 Å². The summed E-state index contributed by atoms with van der Waals surface area (Å²) in [5.74, 6) is -0.800.